The van der Waals surface area contributed by atoms with Crippen LogP contribution >= 0.6 is 11.8 Å². The zero-order valence-corrected chi connectivity index (χ0v) is 10.1. The summed E-state index contributed by atoms with van der Waals surface area (Å²) >= 11 is 1.77. The average Bonchev–Trinajstić information content (AvgIpc) is 2.20. The molecule has 0 amide bonds. The summed E-state index contributed by atoms with van der Waals surface area (Å²) in [6, 6.07) is 7.96. The van der Waals surface area contributed by atoms with Crippen molar-refractivity contribution in [1.29, 1.82) is 0 Å². The first-order chi connectivity index (χ1) is 7.13. The summed E-state index contributed by atoms with van der Waals surface area (Å²) < 4.78 is 4.67. The van der Waals surface area contributed by atoms with Crippen LogP contribution in [0.1, 0.15) is 19.4 Å². The van der Waals surface area contributed by atoms with Crippen LogP contribution in [-0.2, 0) is 16.0 Å². The van der Waals surface area contributed by atoms with Crippen LogP contribution in [0.3, 0.4) is 0 Å². The van der Waals surface area contributed by atoms with E-state index in [-0.39, 0.29) is 5.97 Å². The van der Waals surface area contributed by atoms with E-state index in [1.54, 1.807) is 11.8 Å². The number of rotatable bonds is 4. The number of ether oxygens (including phenoxy) is 1. The zero-order chi connectivity index (χ0) is 11.3. The van der Waals surface area contributed by atoms with E-state index in [4.69, 9.17) is 0 Å². The van der Waals surface area contributed by atoms with Gasteiger partial charge in [0.2, 0.25) is 0 Å². The standard InChI is InChI=1S/C12H16O2S/c1-9(2)15-11-7-5-4-6-10(11)8-12(13)14-3/h4-7,9H,8H2,1-3H3. The Morgan fingerprint density at radius 2 is 2.07 bits per heavy atom. The second kappa shape index (κ2) is 5.81. The molecule has 0 N–H and O–H groups in total. The predicted molar refractivity (Wildman–Crippen MR) is 63.2 cm³/mol. The maximum Gasteiger partial charge on any atom is 0.310 e. The largest absolute Gasteiger partial charge is 0.469 e. The van der Waals surface area contributed by atoms with Gasteiger partial charge in [0.25, 0.3) is 0 Å². The van der Waals surface area contributed by atoms with Crippen molar-refractivity contribution in [3.63, 3.8) is 0 Å². The first kappa shape index (κ1) is 12.1. The van der Waals surface area contributed by atoms with E-state index < -0.39 is 0 Å². The Kier molecular flexibility index (Phi) is 4.69. The highest BCUT2D eigenvalue weighted by atomic mass is 32.2. The third-order valence-electron chi connectivity index (χ3n) is 1.90. The van der Waals surface area contributed by atoms with E-state index in [2.05, 4.69) is 18.6 Å². The van der Waals surface area contributed by atoms with Crippen LogP contribution in [0, 0.1) is 0 Å². The van der Waals surface area contributed by atoms with Crippen molar-refractivity contribution in [2.75, 3.05) is 7.11 Å². The van der Waals surface area contributed by atoms with E-state index in [0.717, 1.165) is 10.5 Å². The highest BCUT2D eigenvalue weighted by molar-refractivity contribution is 8.00. The fourth-order valence-electron chi connectivity index (χ4n) is 1.25. The SMILES string of the molecule is COC(=O)Cc1ccccc1SC(C)C. The van der Waals surface area contributed by atoms with Crippen LogP contribution < -0.4 is 0 Å². The van der Waals surface area contributed by atoms with E-state index in [1.807, 2.05) is 24.3 Å². The van der Waals surface area contributed by atoms with Gasteiger partial charge in [-0.2, -0.15) is 0 Å². The normalized spacial score (nSPS) is 10.4. The van der Waals surface area contributed by atoms with Crippen LogP contribution in [0.15, 0.2) is 29.2 Å². The molecule has 0 aromatic heterocycles. The molecular weight excluding hydrogens is 208 g/mol. The molecule has 1 aromatic carbocycles. The van der Waals surface area contributed by atoms with Crippen molar-refractivity contribution in [3.05, 3.63) is 29.8 Å². The van der Waals surface area contributed by atoms with E-state index in [0.29, 0.717) is 11.7 Å². The average molecular weight is 224 g/mol. The van der Waals surface area contributed by atoms with Gasteiger partial charge in [-0.15, -0.1) is 11.8 Å². The van der Waals surface area contributed by atoms with Gasteiger partial charge in [-0.05, 0) is 11.6 Å². The van der Waals surface area contributed by atoms with Gasteiger partial charge >= 0.3 is 5.97 Å². The van der Waals surface area contributed by atoms with Crippen molar-refractivity contribution in [3.8, 4) is 0 Å². The molecule has 82 valence electrons. The van der Waals surface area contributed by atoms with Crippen molar-refractivity contribution < 1.29 is 9.53 Å². The fourth-order valence-corrected chi connectivity index (χ4v) is 2.20. The fraction of sp³-hybridized carbons (Fsp3) is 0.417. The summed E-state index contributed by atoms with van der Waals surface area (Å²) in [5, 5.41) is 0.517. The van der Waals surface area contributed by atoms with Crippen molar-refractivity contribution in [2.45, 2.75) is 30.4 Å². The minimum atomic E-state index is -0.188. The van der Waals surface area contributed by atoms with Gasteiger partial charge in [-0.3, -0.25) is 4.79 Å². The molecule has 0 fully saturated rings. The Hall–Kier alpha value is -0.960. The number of esters is 1. The summed E-state index contributed by atoms with van der Waals surface area (Å²) in [6.07, 6.45) is 0.354. The van der Waals surface area contributed by atoms with E-state index >= 15 is 0 Å². The summed E-state index contributed by atoms with van der Waals surface area (Å²) in [5.41, 5.74) is 1.04. The van der Waals surface area contributed by atoms with Gasteiger partial charge in [0.05, 0.1) is 13.5 Å². The minimum Gasteiger partial charge on any atom is -0.469 e. The number of thioether (sulfide) groups is 1. The topological polar surface area (TPSA) is 26.3 Å². The van der Waals surface area contributed by atoms with Crippen LogP contribution in [0.4, 0.5) is 0 Å². The van der Waals surface area contributed by atoms with Crippen LogP contribution in [0.25, 0.3) is 0 Å². The Bertz CT molecular complexity index is 334. The third-order valence-corrected chi connectivity index (χ3v) is 3.02. The lowest BCUT2D eigenvalue weighted by Gasteiger charge is -2.09. The highest BCUT2D eigenvalue weighted by Crippen LogP contribution is 2.26. The van der Waals surface area contributed by atoms with Crippen molar-refractivity contribution in [2.24, 2.45) is 0 Å². The number of benzene rings is 1. The number of carbonyl (C=O) groups excluding carboxylic acids is 1. The molecule has 0 bridgehead atoms. The van der Waals surface area contributed by atoms with Crippen LogP contribution in [-0.4, -0.2) is 18.3 Å². The number of carbonyl (C=O) groups is 1. The molecule has 0 aliphatic heterocycles. The van der Waals surface area contributed by atoms with Crippen LogP contribution in [0.5, 0.6) is 0 Å². The van der Waals surface area contributed by atoms with Crippen LogP contribution in [0.2, 0.25) is 0 Å². The molecule has 0 aliphatic rings. The van der Waals surface area contributed by atoms with E-state index in [9.17, 15) is 4.79 Å². The molecule has 0 heterocycles. The molecule has 0 spiro atoms. The second-order valence-electron chi connectivity index (χ2n) is 3.53. The molecule has 0 aliphatic carbocycles. The molecule has 0 saturated carbocycles. The van der Waals surface area contributed by atoms with Gasteiger partial charge in [-0.1, -0.05) is 32.0 Å². The Morgan fingerprint density at radius 1 is 1.40 bits per heavy atom. The third kappa shape index (κ3) is 3.96. The molecular formula is C12H16O2S. The van der Waals surface area contributed by atoms with Crippen molar-refractivity contribution >= 4 is 17.7 Å². The summed E-state index contributed by atoms with van der Waals surface area (Å²) in [7, 11) is 1.42. The molecule has 0 radical (unpaired) electrons. The number of hydrogen-bond acceptors (Lipinski definition) is 3. The minimum absolute atomic E-state index is 0.188. The quantitative estimate of drug-likeness (QED) is 0.581. The lowest BCUT2D eigenvalue weighted by molar-refractivity contribution is -0.139. The maximum absolute atomic E-state index is 11.2. The van der Waals surface area contributed by atoms with Crippen molar-refractivity contribution in [1.82, 2.24) is 0 Å². The van der Waals surface area contributed by atoms with Gasteiger partial charge < -0.3 is 4.74 Å². The monoisotopic (exact) mass is 224 g/mol. The molecule has 15 heavy (non-hydrogen) atoms. The number of hydrogen-bond donors (Lipinski definition) is 0. The smallest absolute Gasteiger partial charge is 0.310 e. The molecule has 1 aromatic rings. The lowest BCUT2D eigenvalue weighted by Crippen LogP contribution is -2.05. The Labute approximate surface area is 95.0 Å². The second-order valence-corrected chi connectivity index (χ2v) is 5.15. The number of methoxy groups -OCH3 is 1. The van der Waals surface area contributed by atoms with Gasteiger partial charge in [-0.25, -0.2) is 0 Å². The Morgan fingerprint density at radius 3 is 2.67 bits per heavy atom. The summed E-state index contributed by atoms with van der Waals surface area (Å²) in [6.45, 7) is 4.28. The predicted octanol–water partition coefficient (Wildman–Crippen LogP) is 2.90. The van der Waals surface area contributed by atoms with Gasteiger partial charge in [0.15, 0.2) is 0 Å². The zero-order valence-electron chi connectivity index (χ0n) is 9.32. The van der Waals surface area contributed by atoms with Gasteiger partial charge in [0.1, 0.15) is 0 Å². The van der Waals surface area contributed by atoms with Gasteiger partial charge in [0, 0.05) is 10.1 Å². The lowest BCUT2D eigenvalue weighted by atomic mass is 10.1. The highest BCUT2D eigenvalue weighted by Gasteiger charge is 2.08. The first-order valence-electron chi connectivity index (χ1n) is 4.95. The molecule has 1 rings (SSSR count). The Balaban J connectivity index is 2.81. The molecule has 3 heteroatoms. The molecule has 2 nitrogen and oxygen atoms in total. The van der Waals surface area contributed by atoms with E-state index in [1.165, 1.54) is 7.11 Å². The summed E-state index contributed by atoms with van der Waals surface area (Å²) in [5.74, 6) is -0.188. The molecule has 0 unspecified atom stereocenters. The molecule has 0 saturated heterocycles. The summed E-state index contributed by atoms with van der Waals surface area (Å²) in [4.78, 5) is 12.4. The maximum atomic E-state index is 11.2. The first-order valence-corrected chi connectivity index (χ1v) is 5.83. The molecule has 0 atom stereocenters.